The molecule has 100 valence electrons. The van der Waals surface area contributed by atoms with E-state index >= 15 is 0 Å². The molecule has 0 spiro atoms. The van der Waals surface area contributed by atoms with E-state index < -0.39 is 5.97 Å². The van der Waals surface area contributed by atoms with Crippen LogP contribution in [0, 0.1) is 11.3 Å². The number of carboxylic acid groups (broad SMARTS) is 1. The standard InChI is InChI=1S/C14H27NO2/c1-10-7-14(5,6)8-11(10)15(9-12(16)17)13(2,3)4/h10-11H,7-9H2,1-6H3,(H,16,17). The van der Waals surface area contributed by atoms with E-state index in [-0.39, 0.29) is 12.1 Å². The Hall–Kier alpha value is -0.570. The molecule has 0 amide bonds. The molecule has 3 nitrogen and oxygen atoms in total. The maximum atomic E-state index is 11.0. The molecule has 0 aromatic rings. The highest BCUT2D eigenvalue weighted by Gasteiger charge is 2.43. The zero-order chi connectivity index (χ0) is 13.4. The van der Waals surface area contributed by atoms with E-state index in [1.807, 2.05) is 0 Å². The van der Waals surface area contributed by atoms with Crippen molar-refractivity contribution in [3.05, 3.63) is 0 Å². The van der Waals surface area contributed by atoms with Gasteiger partial charge in [0.2, 0.25) is 0 Å². The first kappa shape index (κ1) is 14.5. The minimum atomic E-state index is -0.725. The first-order chi connectivity index (χ1) is 7.53. The number of hydrogen-bond acceptors (Lipinski definition) is 2. The lowest BCUT2D eigenvalue weighted by molar-refractivity contribution is -0.141. The third-order valence-corrected chi connectivity index (χ3v) is 3.86. The molecule has 1 aliphatic carbocycles. The number of carboxylic acids is 1. The van der Waals surface area contributed by atoms with Gasteiger partial charge < -0.3 is 5.11 Å². The average molecular weight is 241 g/mol. The van der Waals surface area contributed by atoms with Crippen molar-refractivity contribution in [2.24, 2.45) is 11.3 Å². The van der Waals surface area contributed by atoms with E-state index in [2.05, 4.69) is 46.4 Å². The molecule has 0 aromatic carbocycles. The normalized spacial score (nSPS) is 28.6. The van der Waals surface area contributed by atoms with Crippen LogP contribution in [0.3, 0.4) is 0 Å². The van der Waals surface area contributed by atoms with Crippen molar-refractivity contribution in [2.75, 3.05) is 6.54 Å². The zero-order valence-corrected chi connectivity index (χ0v) is 12.1. The Morgan fingerprint density at radius 2 is 1.88 bits per heavy atom. The van der Waals surface area contributed by atoms with Gasteiger partial charge in [0.15, 0.2) is 0 Å². The molecular weight excluding hydrogens is 214 g/mol. The highest BCUT2D eigenvalue weighted by atomic mass is 16.4. The molecule has 0 aliphatic heterocycles. The number of nitrogens with zero attached hydrogens (tertiary/aromatic N) is 1. The van der Waals surface area contributed by atoms with Gasteiger partial charge in [0.1, 0.15) is 0 Å². The summed E-state index contributed by atoms with van der Waals surface area (Å²) in [7, 11) is 0. The molecular formula is C14H27NO2. The smallest absolute Gasteiger partial charge is 0.317 e. The van der Waals surface area contributed by atoms with Gasteiger partial charge in [0.25, 0.3) is 0 Å². The van der Waals surface area contributed by atoms with Crippen LogP contribution in [0.15, 0.2) is 0 Å². The second kappa shape index (κ2) is 4.60. The first-order valence-corrected chi connectivity index (χ1v) is 6.51. The van der Waals surface area contributed by atoms with E-state index in [0.29, 0.717) is 17.4 Å². The molecule has 3 heteroatoms. The summed E-state index contributed by atoms with van der Waals surface area (Å²) >= 11 is 0. The summed E-state index contributed by atoms with van der Waals surface area (Å²) in [6.45, 7) is 13.3. The summed E-state index contributed by atoms with van der Waals surface area (Å²) < 4.78 is 0. The predicted octanol–water partition coefficient (Wildman–Crippen LogP) is 3.00. The Kier molecular flexibility index (Phi) is 3.92. The van der Waals surface area contributed by atoms with E-state index in [1.54, 1.807) is 0 Å². The number of rotatable bonds is 3. The van der Waals surface area contributed by atoms with Crippen molar-refractivity contribution in [2.45, 2.75) is 66.0 Å². The Bertz CT molecular complexity index is 291. The zero-order valence-electron chi connectivity index (χ0n) is 12.1. The molecule has 17 heavy (non-hydrogen) atoms. The van der Waals surface area contributed by atoms with Crippen LogP contribution in [0.1, 0.15) is 54.4 Å². The maximum absolute atomic E-state index is 11.0. The van der Waals surface area contributed by atoms with Gasteiger partial charge in [-0.2, -0.15) is 0 Å². The molecule has 0 aromatic heterocycles. The van der Waals surface area contributed by atoms with E-state index in [1.165, 1.54) is 6.42 Å². The third kappa shape index (κ3) is 3.70. The van der Waals surface area contributed by atoms with Gasteiger partial charge in [-0.3, -0.25) is 9.69 Å². The van der Waals surface area contributed by atoms with Gasteiger partial charge in [-0.05, 0) is 44.9 Å². The summed E-state index contributed by atoms with van der Waals surface area (Å²) in [6.07, 6.45) is 2.28. The highest BCUT2D eigenvalue weighted by Crippen LogP contribution is 2.44. The van der Waals surface area contributed by atoms with Gasteiger partial charge >= 0.3 is 5.97 Å². The van der Waals surface area contributed by atoms with Crippen LogP contribution in [0.25, 0.3) is 0 Å². The number of carbonyl (C=O) groups is 1. The summed E-state index contributed by atoms with van der Waals surface area (Å²) in [6, 6.07) is 0.390. The molecule has 1 saturated carbocycles. The lowest BCUT2D eigenvalue weighted by atomic mass is 9.90. The molecule has 0 radical (unpaired) electrons. The molecule has 1 aliphatic rings. The van der Waals surface area contributed by atoms with Gasteiger partial charge in [-0.25, -0.2) is 0 Å². The molecule has 2 atom stereocenters. The van der Waals surface area contributed by atoms with Gasteiger partial charge in [0.05, 0.1) is 6.54 Å². The van der Waals surface area contributed by atoms with Crippen molar-refractivity contribution in [3.8, 4) is 0 Å². The first-order valence-electron chi connectivity index (χ1n) is 6.51. The molecule has 1 fully saturated rings. The predicted molar refractivity (Wildman–Crippen MR) is 70.1 cm³/mol. The van der Waals surface area contributed by atoms with E-state index in [0.717, 1.165) is 6.42 Å². The highest BCUT2D eigenvalue weighted by molar-refractivity contribution is 5.69. The summed E-state index contributed by atoms with van der Waals surface area (Å²) in [4.78, 5) is 13.2. The van der Waals surface area contributed by atoms with Crippen molar-refractivity contribution in [1.82, 2.24) is 4.90 Å². The van der Waals surface area contributed by atoms with Crippen molar-refractivity contribution in [3.63, 3.8) is 0 Å². The Morgan fingerprint density at radius 1 is 1.35 bits per heavy atom. The Morgan fingerprint density at radius 3 is 2.18 bits per heavy atom. The van der Waals surface area contributed by atoms with Gasteiger partial charge in [-0.15, -0.1) is 0 Å². The van der Waals surface area contributed by atoms with Crippen LogP contribution in [0.4, 0.5) is 0 Å². The quantitative estimate of drug-likeness (QED) is 0.825. The molecule has 0 heterocycles. The average Bonchev–Trinajstić information content (AvgIpc) is 2.33. The second-order valence-corrected chi connectivity index (χ2v) is 7.31. The molecule has 0 bridgehead atoms. The fourth-order valence-corrected chi connectivity index (χ4v) is 3.27. The van der Waals surface area contributed by atoms with Gasteiger partial charge in [0, 0.05) is 11.6 Å². The Balaban J connectivity index is 2.88. The third-order valence-electron chi connectivity index (χ3n) is 3.86. The van der Waals surface area contributed by atoms with Crippen LogP contribution >= 0.6 is 0 Å². The lowest BCUT2D eigenvalue weighted by Gasteiger charge is -2.41. The van der Waals surface area contributed by atoms with Gasteiger partial charge in [-0.1, -0.05) is 20.8 Å². The topological polar surface area (TPSA) is 40.5 Å². The van der Waals surface area contributed by atoms with Crippen LogP contribution in [-0.2, 0) is 4.79 Å². The van der Waals surface area contributed by atoms with Crippen molar-refractivity contribution in [1.29, 1.82) is 0 Å². The lowest BCUT2D eigenvalue weighted by Crippen LogP contribution is -2.51. The van der Waals surface area contributed by atoms with Crippen LogP contribution in [0.2, 0.25) is 0 Å². The van der Waals surface area contributed by atoms with E-state index in [4.69, 9.17) is 5.11 Å². The summed E-state index contributed by atoms with van der Waals surface area (Å²) in [5.41, 5.74) is 0.254. The van der Waals surface area contributed by atoms with Crippen LogP contribution in [-0.4, -0.2) is 34.1 Å². The second-order valence-electron chi connectivity index (χ2n) is 7.31. The molecule has 0 saturated heterocycles. The monoisotopic (exact) mass is 241 g/mol. The number of aliphatic carboxylic acids is 1. The minimum Gasteiger partial charge on any atom is -0.480 e. The SMILES string of the molecule is CC1CC(C)(C)CC1N(CC(=O)O)C(C)(C)C. The summed E-state index contributed by atoms with van der Waals surface area (Å²) in [5, 5.41) is 9.08. The summed E-state index contributed by atoms with van der Waals surface area (Å²) in [5.74, 6) is -0.152. The molecule has 1 N–H and O–H groups in total. The Labute approximate surface area is 105 Å². The largest absolute Gasteiger partial charge is 0.480 e. The van der Waals surface area contributed by atoms with Crippen LogP contribution in [0.5, 0.6) is 0 Å². The fourth-order valence-electron chi connectivity index (χ4n) is 3.27. The molecule has 2 unspecified atom stereocenters. The van der Waals surface area contributed by atoms with E-state index in [9.17, 15) is 4.79 Å². The maximum Gasteiger partial charge on any atom is 0.317 e. The van der Waals surface area contributed by atoms with Crippen molar-refractivity contribution >= 4 is 5.97 Å². The molecule has 1 rings (SSSR count). The van der Waals surface area contributed by atoms with Crippen LogP contribution < -0.4 is 0 Å². The number of hydrogen-bond donors (Lipinski definition) is 1. The van der Waals surface area contributed by atoms with Crippen molar-refractivity contribution < 1.29 is 9.90 Å². The fraction of sp³-hybridized carbons (Fsp3) is 0.929. The minimum absolute atomic E-state index is 0.0856.